The number of fused-ring (bicyclic) bond motifs is 3. The molecule has 6 rings (SSSR count). The van der Waals surface area contributed by atoms with Gasteiger partial charge in [-0.2, -0.15) is 0 Å². The van der Waals surface area contributed by atoms with Gasteiger partial charge in [0.1, 0.15) is 11.6 Å². The number of carbonyl (C=O) groups is 6. The number of rotatable bonds is 5. The number of hydrogen-bond donors (Lipinski definition) is 4. The summed E-state index contributed by atoms with van der Waals surface area (Å²) < 4.78 is 15.4. The highest BCUT2D eigenvalue weighted by Crippen LogP contribution is 2.52. The van der Waals surface area contributed by atoms with Gasteiger partial charge in [-0.3, -0.25) is 38.6 Å². The standard InChI is InChI=1S/C28H31FN4O8/c29-15-10-16(31-17(34)11-32-4-1-2-5-32)22(35)19-13(15)8-12-9-14-21(33-6-3-7-33)24(37)20(27(30)40)26(39)28(14,41)25(38)18(12)23(19)36/h10,12,14,18,20-21,35,41H,1-9,11H2,(H2,30,40)(H,31,34). The van der Waals surface area contributed by atoms with Gasteiger partial charge in [0.05, 0.1) is 29.8 Å². The zero-order chi connectivity index (χ0) is 29.4. The lowest BCUT2D eigenvalue weighted by Crippen LogP contribution is -2.75. The number of primary amides is 1. The quantitative estimate of drug-likeness (QED) is 0.257. The first-order valence-corrected chi connectivity index (χ1v) is 13.9. The Morgan fingerprint density at radius 3 is 2.37 bits per heavy atom. The number of hydrogen-bond acceptors (Lipinski definition) is 10. The number of nitrogens with two attached hydrogens (primary N) is 1. The second-order valence-corrected chi connectivity index (χ2v) is 11.9. The van der Waals surface area contributed by atoms with E-state index in [-0.39, 0.29) is 30.6 Å². The van der Waals surface area contributed by atoms with Crippen molar-refractivity contribution in [3.8, 4) is 5.75 Å². The van der Waals surface area contributed by atoms with Gasteiger partial charge in [0.2, 0.25) is 11.8 Å². The number of phenols is 1. The second kappa shape index (κ2) is 9.78. The Bertz CT molecular complexity index is 1400. The van der Waals surface area contributed by atoms with Gasteiger partial charge in [-0.25, -0.2) is 4.39 Å². The monoisotopic (exact) mass is 570 g/mol. The van der Waals surface area contributed by atoms with Gasteiger partial charge in [-0.05, 0) is 51.1 Å². The number of phenolic OH excluding ortho intramolecular Hbond substituents is 1. The molecular formula is C28H31FN4O8. The van der Waals surface area contributed by atoms with Crippen molar-refractivity contribution < 1.29 is 43.4 Å². The molecule has 0 aromatic heterocycles. The summed E-state index contributed by atoms with van der Waals surface area (Å²) in [6, 6.07) is -0.213. The molecule has 2 heterocycles. The largest absolute Gasteiger partial charge is 0.505 e. The van der Waals surface area contributed by atoms with Gasteiger partial charge < -0.3 is 21.3 Å². The summed E-state index contributed by atoms with van der Waals surface area (Å²) >= 11 is 0. The highest BCUT2D eigenvalue weighted by atomic mass is 19.1. The first-order valence-electron chi connectivity index (χ1n) is 13.9. The molecule has 5 aliphatic rings. The van der Waals surface area contributed by atoms with Crippen molar-refractivity contribution in [2.24, 2.45) is 29.4 Å². The normalized spacial score (nSPS) is 33.6. The summed E-state index contributed by atoms with van der Waals surface area (Å²) in [6.45, 7) is 2.36. The fourth-order valence-electron chi connectivity index (χ4n) is 7.49. The number of ketones is 4. The number of likely N-dealkylation sites (tertiary alicyclic amines) is 2. The van der Waals surface area contributed by atoms with E-state index in [0.717, 1.165) is 38.4 Å². The number of nitrogens with zero attached hydrogens (tertiary/aromatic N) is 2. The summed E-state index contributed by atoms with van der Waals surface area (Å²) in [5, 5.41) is 25.1. The summed E-state index contributed by atoms with van der Waals surface area (Å²) in [5.41, 5.74) is 1.55. The molecule has 1 aromatic rings. The summed E-state index contributed by atoms with van der Waals surface area (Å²) in [4.78, 5) is 82.7. The Hall–Kier alpha value is -3.55. The number of carbonyl (C=O) groups excluding carboxylic acids is 6. The lowest BCUT2D eigenvalue weighted by Gasteiger charge is -2.54. The zero-order valence-corrected chi connectivity index (χ0v) is 22.2. The minimum absolute atomic E-state index is 0.0176. The van der Waals surface area contributed by atoms with Gasteiger partial charge in [-0.1, -0.05) is 0 Å². The average Bonchev–Trinajstić information content (AvgIpc) is 3.38. The molecule has 2 saturated heterocycles. The van der Waals surface area contributed by atoms with E-state index in [1.807, 2.05) is 4.90 Å². The molecule has 6 atom stereocenters. The minimum atomic E-state index is -2.84. The molecule has 2 saturated carbocycles. The average molecular weight is 571 g/mol. The highest BCUT2D eigenvalue weighted by molar-refractivity contribution is 6.32. The number of nitrogens with one attached hydrogen (secondary N) is 1. The second-order valence-electron chi connectivity index (χ2n) is 11.9. The van der Waals surface area contributed by atoms with Crippen LogP contribution in [0.1, 0.15) is 41.6 Å². The Balaban J connectivity index is 1.36. The molecule has 2 amide bonds. The molecule has 3 aliphatic carbocycles. The third kappa shape index (κ3) is 4.04. The third-order valence-electron chi connectivity index (χ3n) is 9.57. The van der Waals surface area contributed by atoms with E-state index in [9.17, 15) is 39.0 Å². The van der Waals surface area contributed by atoms with E-state index in [4.69, 9.17) is 5.73 Å². The molecule has 2 aliphatic heterocycles. The van der Waals surface area contributed by atoms with Crippen LogP contribution in [0.3, 0.4) is 0 Å². The maximum atomic E-state index is 15.4. The van der Waals surface area contributed by atoms with Crippen LogP contribution in [0.15, 0.2) is 6.07 Å². The van der Waals surface area contributed by atoms with Gasteiger partial charge in [0.25, 0.3) is 0 Å². The number of halogens is 1. The van der Waals surface area contributed by atoms with E-state index in [1.165, 1.54) is 0 Å². The van der Waals surface area contributed by atoms with Gasteiger partial charge in [-0.15, -0.1) is 0 Å². The zero-order valence-electron chi connectivity index (χ0n) is 22.2. The smallest absolute Gasteiger partial charge is 0.238 e. The molecule has 0 radical (unpaired) electrons. The topological polar surface area (TPSA) is 187 Å². The van der Waals surface area contributed by atoms with Gasteiger partial charge >= 0.3 is 0 Å². The lowest BCUT2D eigenvalue weighted by molar-refractivity contribution is -0.184. The molecule has 12 nitrogen and oxygen atoms in total. The van der Waals surface area contributed by atoms with Gasteiger partial charge in [0, 0.05) is 30.6 Å². The molecule has 0 spiro atoms. The van der Waals surface area contributed by atoms with Crippen LogP contribution < -0.4 is 11.1 Å². The Morgan fingerprint density at radius 1 is 1.07 bits per heavy atom. The first-order chi connectivity index (χ1) is 19.4. The number of aliphatic hydroxyl groups is 1. The number of anilines is 1. The van der Waals surface area contributed by atoms with E-state index in [2.05, 4.69) is 5.32 Å². The third-order valence-corrected chi connectivity index (χ3v) is 9.57. The maximum Gasteiger partial charge on any atom is 0.238 e. The Kier molecular flexibility index (Phi) is 6.58. The molecule has 13 heteroatoms. The Labute approximate surface area is 234 Å². The van der Waals surface area contributed by atoms with E-state index >= 15 is 4.39 Å². The van der Waals surface area contributed by atoms with Crippen LogP contribution in [0.25, 0.3) is 0 Å². The van der Waals surface area contributed by atoms with Crippen molar-refractivity contribution >= 4 is 40.6 Å². The van der Waals surface area contributed by atoms with Crippen molar-refractivity contribution in [1.29, 1.82) is 0 Å². The number of Topliss-reactive ketones (excluding diaryl/α,β-unsaturated/α-hetero) is 4. The summed E-state index contributed by atoms with van der Waals surface area (Å²) in [5.74, 6) is -13.5. The number of aromatic hydroxyl groups is 1. The molecule has 6 unspecified atom stereocenters. The Morgan fingerprint density at radius 2 is 1.76 bits per heavy atom. The predicted octanol–water partition coefficient (Wildman–Crippen LogP) is -0.815. The first kappa shape index (κ1) is 27.6. The van der Waals surface area contributed by atoms with Crippen molar-refractivity contribution in [2.45, 2.75) is 43.7 Å². The van der Waals surface area contributed by atoms with Crippen molar-refractivity contribution in [3.05, 3.63) is 23.0 Å². The SMILES string of the molecule is NC(=O)C1C(=O)C(N2CCC2)C2CC3Cc4c(F)cc(NC(=O)CN5CCCC5)c(O)c4C(=O)C3C(=O)C2(O)C1=O. The van der Waals surface area contributed by atoms with E-state index < -0.39 is 87.4 Å². The van der Waals surface area contributed by atoms with Crippen LogP contribution in [0.2, 0.25) is 0 Å². The van der Waals surface area contributed by atoms with E-state index in [0.29, 0.717) is 13.1 Å². The molecule has 41 heavy (non-hydrogen) atoms. The van der Waals surface area contributed by atoms with Crippen molar-refractivity contribution in [2.75, 3.05) is 38.0 Å². The van der Waals surface area contributed by atoms with Gasteiger partial charge in [0.15, 0.2) is 34.7 Å². The maximum absolute atomic E-state index is 15.4. The molecule has 218 valence electrons. The van der Waals surface area contributed by atoms with E-state index in [1.54, 1.807) is 4.90 Å². The number of amides is 2. The predicted molar refractivity (Wildman–Crippen MR) is 138 cm³/mol. The van der Waals surface area contributed by atoms with Crippen LogP contribution in [-0.4, -0.2) is 99.3 Å². The molecular weight excluding hydrogens is 539 g/mol. The van der Waals surface area contributed by atoms with Crippen LogP contribution in [0, 0.1) is 29.5 Å². The summed E-state index contributed by atoms with van der Waals surface area (Å²) in [6.07, 6.45) is 2.30. The number of benzene rings is 1. The minimum Gasteiger partial charge on any atom is -0.505 e. The highest BCUT2D eigenvalue weighted by Gasteiger charge is 2.70. The van der Waals surface area contributed by atoms with Crippen LogP contribution >= 0.6 is 0 Å². The molecule has 0 bridgehead atoms. The molecule has 5 N–H and O–H groups in total. The molecule has 1 aromatic carbocycles. The lowest BCUT2D eigenvalue weighted by atomic mass is 9.52. The fourth-order valence-corrected chi connectivity index (χ4v) is 7.49. The van der Waals surface area contributed by atoms with Crippen LogP contribution in [0.4, 0.5) is 10.1 Å². The van der Waals surface area contributed by atoms with Crippen LogP contribution in [0.5, 0.6) is 5.75 Å². The van der Waals surface area contributed by atoms with Crippen molar-refractivity contribution in [1.82, 2.24) is 9.80 Å². The molecule has 4 fully saturated rings. The fraction of sp³-hybridized carbons (Fsp3) is 0.571. The van der Waals surface area contributed by atoms with Crippen molar-refractivity contribution in [3.63, 3.8) is 0 Å². The van der Waals surface area contributed by atoms with Crippen LogP contribution in [-0.2, 0) is 30.4 Å². The summed E-state index contributed by atoms with van der Waals surface area (Å²) in [7, 11) is 0.